The van der Waals surface area contributed by atoms with Gasteiger partial charge in [-0.25, -0.2) is 0 Å². The summed E-state index contributed by atoms with van der Waals surface area (Å²) < 4.78 is 15.1. The Bertz CT molecular complexity index is 380. The van der Waals surface area contributed by atoms with E-state index in [-0.39, 0.29) is 0 Å². The Morgan fingerprint density at radius 2 is 1.22 bits per heavy atom. The fourth-order valence-corrected chi connectivity index (χ4v) is 2.56. The van der Waals surface area contributed by atoms with Crippen molar-refractivity contribution in [3.63, 3.8) is 0 Å². The lowest BCUT2D eigenvalue weighted by Crippen LogP contribution is -2.64. The predicted octanol–water partition coefficient (Wildman–Crippen LogP) is -5.40. The lowest BCUT2D eigenvalue weighted by molar-refractivity contribution is -0.355. The molecular weight excluding hydrogens is 320 g/mol. The Morgan fingerprint density at radius 3 is 1.78 bits per heavy atom. The zero-order valence-corrected chi connectivity index (χ0v) is 12.0. The van der Waals surface area contributed by atoms with Crippen LogP contribution in [0.15, 0.2) is 0 Å². The van der Waals surface area contributed by atoms with Gasteiger partial charge in [0.15, 0.2) is 12.6 Å². The first-order chi connectivity index (χ1) is 10.8. The van der Waals surface area contributed by atoms with Crippen LogP contribution in [0.3, 0.4) is 0 Å². The highest BCUT2D eigenvalue weighted by Gasteiger charge is 2.50. The zero-order valence-electron chi connectivity index (χ0n) is 12.0. The first kappa shape index (κ1) is 18.9. The Morgan fingerprint density at radius 1 is 0.652 bits per heavy atom. The third-order valence-electron chi connectivity index (χ3n) is 3.98. The third kappa shape index (κ3) is 3.65. The molecule has 0 amide bonds. The minimum absolute atomic E-state index is 0.667. The summed E-state index contributed by atoms with van der Waals surface area (Å²) in [4.78, 5) is 0. The smallest absolute Gasteiger partial charge is 0.187 e. The summed E-state index contributed by atoms with van der Waals surface area (Å²) in [6, 6.07) is 0. The molecule has 0 radical (unpaired) electrons. The highest BCUT2D eigenvalue weighted by atomic mass is 16.7. The quantitative estimate of drug-likeness (QED) is 0.243. The molecule has 2 aliphatic heterocycles. The van der Waals surface area contributed by atoms with Crippen LogP contribution >= 0.6 is 0 Å². The second-order valence-corrected chi connectivity index (χ2v) is 5.53. The highest BCUT2D eigenvalue weighted by Crippen LogP contribution is 2.28. The standard InChI is InChI=1S/C12H22O11/c13-1-3-5(15)7(17)8(18)12(22-3)23-10-6(16)4(2-14)21-11(20)9(10)19/h3-20H,1-2H2/t3?,4?,5-,6-,7?,8+,9?,10+,11?,12+/m1/s1. The molecule has 11 nitrogen and oxygen atoms in total. The van der Waals surface area contributed by atoms with Crippen LogP contribution < -0.4 is 0 Å². The summed E-state index contributed by atoms with van der Waals surface area (Å²) in [7, 11) is 0. The van der Waals surface area contributed by atoms with Crippen molar-refractivity contribution in [2.24, 2.45) is 0 Å². The monoisotopic (exact) mass is 342 g/mol. The number of ether oxygens (including phenoxy) is 3. The lowest BCUT2D eigenvalue weighted by atomic mass is 9.97. The van der Waals surface area contributed by atoms with Crippen molar-refractivity contribution in [2.45, 2.75) is 61.4 Å². The van der Waals surface area contributed by atoms with Crippen molar-refractivity contribution in [2.75, 3.05) is 13.2 Å². The summed E-state index contributed by atoms with van der Waals surface area (Å²) >= 11 is 0. The molecule has 0 aliphatic carbocycles. The van der Waals surface area contributed by atoms with E-state index in [0.717, 1.165) is 0 Å². The Hall–Kier alpha value is -0.440. The highest BCUT2D eigenvalue weighted by molar-refractivity contribution is 4.93. The second-order valence-electron chi connectivity index (χ2n) is 5.53. The van der Waals surface area contributed by atoms with Crippen molar-refractivity contribution in [3.05, 3.63) is 0 Å². The van der Waals surface area contributed by atoms with Crippen LogP contribution in [0.25, 0.3) is 0 Å². The molecule has 2 aliphatic rings. The van der Waals surface area contributed by atoms with Gasteiger partial charge in [0.25, 0.3) is 0 Å². The van der Waals surface area contributed by atoms with Gasteiger partial charge >= 0.3 is 0 Å². The van der Waals surface area contributed by atoms with Gasteiger partial charge in [-0.05, 0) is 0 Å². The molecule has 0 aromatic carbocycles. The molecule has 0 spiro atoms. The molecule has 0 saturated carbocycles. The number of aliphatic hydroxyl groups is 8. The van der Waals surface area contributed by atoms with Crippen molar-refractivity contribution < 1.29 is 55.1 Å². The predicted molar refractivity (Wildman–Crippen MR) is 68.6 cm³/mol. The van der Waals surface area contributed by atoms with Gasteiger partial charge in [-0.3, -0.25) is 0 Å². The van der Waals surface area contributed by atoms with E-state index in [9.17, 15) is 30.6 Å². The second kappa shape index (κ2) is 7.63. The van der Waals surface area contributed by atoms with E-state index >= 15 is 0 Å². The molecular formula is C12H22O11. The van der Waals surface area contributed by atoms with E-state index in [0.29, 0.717) is 0 Å². The van der Waals surface area contributed by atoms with Gasteiger partial charge < -0.3 is 55.1 Å². The van der Waals surface area contributed by atoms with Crippen molar-refractivity contribution in [1.29, 1.82) is 0 Å². The topological polar surface area (TPSA) is 190 Å². The molecule has 5 unspecified atom stereocenters. The van der Waals surface area contributed by atoms with E-state index < -0.39 is 74.6 Å². The summed E-state index contributed by atoms with van der Waals surface area (Å²) in [5.41, 5.74) is 0. The molecule has 10 atom stereocenters. The van der Waals surface area contributed by atoms with Gasteiger partial charge in [0, 0.05) is 0 Å². The van der Waals surface area contributed by atoms with Crippen LogP contribution in [-0.4, -0.2) is 115 Å². The molecule has 11 heteroatoms. The average molecular weight is 342 g/mol. The van der Waals surface area contributed by atoms with E-state index in [4.69, 9.17) is 24.4 Å². The first-order valence-electron chi connectivity index (χ1n) is 7.08. The number of aliphatic hydroxyl groups excluding tert-OH is 8. The average Bonchev–Trinajstić information content (AvgIpc) is 2.54. The van der Waals surface area contributed by atoms with Crippen LogP contribution in [0.4, 0.5) is 0 Å². The van der Waals surface area contributed by atoms with Crippen LogP contribution in [-0.2, 0) is 14.2 Å². The van der Waals surface area contributed by atoms with Crippen molar-refractivity contribution in [1.82, 2.24) is 0 Å². The van der Waals surface area contributed by atoms with Crippen LogP contribution in [0.1, 0.15) is 0 Å². The number of rotatable bonds is 4. The summed E-state index contributed by atoms with van der Waals surface area (Å²) in [5, 5.41) is 76.8. The van der Waals surface area contributed by atoms with E-state index in [1.54, 1.807) is 0 Å². The summed E-state index contributed by atoms with van der Waals surface area (Å²) in [5.74, 6) is 0. The maximum atomic E-state index is 10.00. The molecule has 23 heavy (non-hydrogen) atoms. The molecule has 0 aromatic rings. The Labute approximate surface area is 130 Å². The van der Waals surface area contributed by atoms with E-state index in [1.165, 1.54) is 0 Å². The molecule has 0 bridgehead atoms. The van der Waals surface area contributed by atoms with Gasteiger partial charge in [0.1, 0.15) is 48.8 Å². The molecule has 8 N–H and O–H groups in total. The maximum Gasteiger partial charge on any atom is 0.187 e. The molecule has 136 valence electrons. The van der Waals surface area contributed by atoms with E-state index in [2.05, 4.69) is 0 Å². The fraction of sp³-hybridized carbons (Fsp3) is 1.00. The number of hydrogen-bond acceptors (Lipinski definition) is 11. The first-order valence-corrected chi connectivity index (χ1v) is 7.08. The minimum atomic E-state index is -1.76. The largest absolute Gasteiger partial charge is 0.394 e. The van der Waals surface area contributed by atoms with E-state index in [1.807, 2.05) is 0 Å². The molecule has 2 fully saturated rings. The van der Waals surface area contributed by atoms with Crippen LogP contribution in [0.2, 0.25) is 0 Å². The lowest BCUT2D eigenvalue weighted by Gasteiger charge is -2.45. The summed E-state index contributed by atoms with van der Waals surface area (Å²) in [6.07, 6.45) is -15.7. The minimum Gasteiger partial charge on any atom is -0.394 e. The van der Waals surface area contributed by atoms with Gasteiger partial charge in [-0.1, -0.05) is 0 Å². The van der Waals surface area contributed by atoms with Crippen LogP contribution in [0, 0.1) is 0 Å². The molecule has 0 aromatic heterocycles. The Kier molecular flexibility index (Phi) is 6.27. The van der Waals surface area contributed by atoms with Gasteiger partial charge in [0.05, 0.1) is 13.2 Å². The molecule has 2 saturated heterocycles. The fourth-order valence-electron chi connectivity index (χ4n) is 2.56. The van der Waals surface area contributed by atoms with Gasteiger partial charge in [0.2, 0.25) is 0 Å². The SMILES string of the molecule is OCC1O[C@@H](O[C@@H]2C(O)C(O)OC(CO)[C@H]2O)[C@@H](O)C(O)[C@@H]1O. The third-order valence-corrected chi connectivity index (χ3v) is 3.98. The summed E-state index contributed by atoms with van der Waals surface area (Å²) in [6.45, 7) is -1.34. The van der Waals surface area contributed by atoms with Gasteiger partial charge in [-0.2, -0.15) is 0 Å². The zero-order chi connectivity index (χ0) is 17.3. The van der Waals surface area contributed by atoms with Crippen molar-refractivity contribution >= 4 is 0 Å². The number of hydrogen-bond donors (Lipinski definition) is 8. The maximum absolute atomic E-state index is 10.00. The Balaban J connectivity index is 2.11. The normalized spacial score (nSPS) is 51.7. The van der Waals surface area contributed by atoms with Crippen LogP contribution in [0.5, 0.6) is 0 Å². The van der Waals surface area contributed by atoms with Gasteiger partial charge in [-0.15, -0.1) is 0 Å². The molecule has 2 heterocycles. The van der Waals surface area contributed by atoms with Crippen molar-refractivity contribution in [3.8, 4) is 0 Å². The molecule has 2 rings (SSSR count).